The first kappa shape index (κ1) is 16.6. The number of amides is 2. The van der Waals surface area contributed by atoms with Gasteiger partial charge in [0.2, 0.25) is 11.8 Å². The minimum atomic E-state index is -0.533. The Balaban J connectivity index is 2.73. The van der Waals surface area contributed by atoms with Crippen molar-refractivity contribution in [2.24, 2.45) is 5.73 Å². The smallest absolute Gasteiger partial charge is 0.237 e. The summed E-state index contributed by atoms with van der Waals surface area (Å²) in [5, 5.41) is 0. The van der Waals surface area contributed by atoms with Crippen LogP contribution in [-0.2, 0) is 16.0 Å². The lowest BCUT2D eigenvalue weighted by Gasteiger charge is -2.21. The van der Waals surface area contributed by atoms with Crippen molar-refractivity contribution in [1.82, 2.24) is 4.90 Å². The van der Waals surface area contributed by atoms with Crippen LogP contribution >= 0.6 is 15.9 Å². The lowest BCUT2D eigenvalue weighted by Crippen LogP contribution is -2.39. The number of hydrogen-bond acceptors (Lipinski definition) is 2. The molecule has 0 atom stereocenters. The number of rotatable bonds is 7. The zero-order valence-electron chi connectivity index (χ0n) is 11.4. The lowest BCUT2D eigenvalue weighted by atomic mass is 10.1. The maximum Gasteiger partial charge on any atom is 0.237 e. The molecule has 0 aliphatic rings. The van der Waals surface area contributed by atoms with Crippen molar-refractivity contribution in [2.45, 2.75) is 26.2 Å². The molecule has 0 saturated carbocycles. The van der Waals surface area contributed by atoms with E-state index in [1.54, 1.807) is 12.1 Å². The zero-order valence-corrected chi connectivity index (χ0v) is 13.0. The van der Waals surface area contributed by atoms with Gasteiger partial charge in [0.15, 0.2) is 0 Å². The first-order valence-electron chi connectivity index (χ1n) is 6.44. The van der Waals surface area contributed by atoms with E-state index in [0.29, 0.717) is 16.6 Å². The van der Waals surface area contributed by atoms with Crippen LogP contribution in [0.5, 0.6) is 0 Å². The number of hydrogen-bond donors (Lipinski definition) is 1. The summed E-state index contributed by atoms with van der Waals surface area (Å²) in [6.07, 6.45) is 1.85. The molecule has 4 nitrogen and oxygen atoms in total. The van der Waals surface area contributed by atoms with E-state index >= 15 is 0 Å². The van der Waals surface area contributed by atoms with Gasteiger partial charge in [-0.05, 0) is 40.0 Å². The van der Waals surface area contributed by atoms with Crippen LogP contribution in [0, 0.1) is 5.82 Å². The number of benzene rings is 1. The standard InChI is InChI=1S/C14H18BrFN2O2/c1-2-3-6-18(9-13(17)19)14(20)8-10-4-5-12(16)11(15)7-10/h4-5,7H,2-3,6,8-9H2,1H3,(H2,17,19). The molecule has 110 valence electrons. The van der Waals surface area contributed by atoms with Crippen LogP contribution in [0.25, 0.3) is 0 Å². The number of nitrogens with two attached hydrogens (primary N) is 1. The molecule has 6 heteroatoms. The van der Waals surface area contributed by atoms with Crippen LogP contribution in [-0.4, -0.2) is 29.8 Å². The van der Waals surface area contributed by atoms with Crippen molar-refractivity contribution in [2.75, 3.05) is 13.1 Å². The number of carbonyl (C=O) groups excluding carboxylic acids is 2. The summed E-state index contributed by atoms with van der Waals surface area (Å²) in [6, 6.07) is 4.42. The predicted octanol–water partition coefficient (Wildman–Crippen LogP) is 2.24. The normalized spacial score (nSPS) is 10.3. The van der Waals surface area contributed by atoms with Crippen molar-refractivity contribution in [1.29, 1.82) is 0 Å². The molecule has 0 spiro atoms. The van der Waals surface area contributed by atoms with Crippen LogP contribution in [0.1, 0.15) is 25.3 Å². The molecule has 0 saturated heterocycles. The van der Waals surface area contributed by atoms with Gasteiger partial charge in [-0.15, -0.1) is 0 Å². The maximum atomic E-state index is 13.1. The van der Waals surface area contributed by atoms with E-state index in [4.69, 9.17) is 5.73 Å². The van der Waals surface area contributed by atoms with Crippen LogP contribution < -0.4 is 5.73 Å². The highest BCUT2D eigenvalue weighted by Gasteiger charge is 2.16. The second-order valence-electron chi connectivity index (χ2n) is 4.56. The molecule has 0 unspecified atom stereocenters. The molecule has 1 aromatic rings. The number of halogens is 2. The number of carbonyl (C=O) groups is 2. The van der Waals surface area contributed by atoms with Crippen molar-refractivity contribution in [3.63, 3.8) is 0 Å². The van der Waals surface area contributed by atoms with Crippen molar-refractivity contribution < 1.29 is 14.0 Å². The van der Waals surface area contributed by atoms with E-state index < -0.39 is 5.91 Å². The summed E-state index contributed by atoms with van der Waals surface area (Å²) in [5.41, 5.74) is 5.84. The van der Waals surface area contributed by atoms with Gasteiger partial charge in [-0.2, -0.15) is 0 Å². The largest absolute Gasteiger partial charge is 0.368 e. The molecule has 0 heterocycles. The summed E-state index contributed by atoms with van der Waals surface area (Å²) >= 11 is 3.08. The SMILES string of the molecule is CCCCN(CC(N)=O)C(=O)Cc1ccc(F)c(Br)c1. The number of unbranched alkanes of at least 4 members (excludes halogenated alkanes) is 1. The predicted molar refractivity (Wildman–Crippen MR) is 78.5 cm³/mol. The fourth-order valence-corrected chi connectivity index (χ4v) is 2.19. The molecule has 0 aromatic heterocycles. The highest BCUT2D eigenvalue weighted by molar-refractivity contribution is 9.10. The molecule has 1 aromatic carbocycles. The minimum Gasteiger partial charge on any atom is -0.368 e. The summed E-state index contributed by atoms with van der Waals surface area (Å²) < 4.78 is 13.4. The third-order valence-corrected chi connectivity index (χ3v) is 3.43. The summed E-state index contributed by atoms with van der Waals surface area (Å²) in [6.45, 7) is 2.42. The van der Waals surface area contributed by atoms with Gasteiger partial charge in [0.25, 0.3) is 0 Å². The van der Waals surface area contributed by atoms with E-state index in [0.717, 1.165) is 12.8 Å². The molecule has 0 aliphatic heterocycles. The highest BCUT2D eigenvalue weighted by atomic mass is 79.9. The Bertz CT molecular complexity index is 494. The molecule has 0 bridgehead atoms. The van der Waals surface area contributed by atoms with Gasteiger partial charge < -0.3 is 10.6 Å². The molecule has 0 fully saturated rings. The number of nitrogens with zero attached hydrogens (tertiary/aromatic N) is 1. The zero-order chi connectivity index (χ0) is 15.1. The van der Waals surface area contributed by atoms with E-state index in [-0.39, 0.29) is 24.7 Å². The summed E-state index contributed by atoms with van der Waals surface area (Å²) in [5.74, 6) is -1.09. The van der Waals surface area contributed by atoms with Gasteiger partial charge >= 0.3 is 0 Å². The van der Waals surface area contributed by atoms with E-state index in [1.807, 2.05) is 6.92 Å². The Morgan fingerprint density at radius 2 is 2.10 bits per heavy atom. The topological polar surface area (TPSA) is 63.4 Å². The van der Waals surface area contributed by atoms with Crippen LogP contribution in [0.15, 0.2) is 22.7 Å². The van der Waals surface area contributed by atoms with Gasteiger partial charge in [-0.3, -0.25) is 9.59 Å². The van der Waals surface area contributed by atoms with Gasteiger partial charge in [-0.1, -0.05) is 19.4 Å². The Morgan fingerprint density at radius 3 is 2.65 bits per heavy atom. The quantitative estimate of drug-likeness (QED) is 0.824. The fraction of sp³-hybridized carbons (Fsp3) is 0.429. The molecule has 0 radical (unpaired) electrons. The summed E-state index contributed by atoms with van der Waals surface area (Å²) in [4.78, 5) is 24.6. The first-order valence-corrected chi connectivity index (χ1v) is 7.23. The Kier molecular flexibility index (Phi) is 6.64. The van der Waals surface area contributed by atoms with Crippen molar-refractivity contribution >= 4 is 27.7 Å². The Morgan fingerprint density at radius 1 is 1.40 bits per heavy atom. The van der Waals surface area contributed by atoms with Crippen molar-refractivity contribution in [3.8, 4) is 0 Å². The average molecular weight is 345 g/mol. The molecule has 2 N–H and O–H groups in total. The first-order chi connectivity index (χ1) is 9.43. The Hall–Kier alpha value is -1.43. The number of primary amides is 1. The second-order valence-corrected chi connectivity index (χ2v) is 5.41. The summed E-state index contributed by atoms with van der Waals surface area (Å²) in [7, 11) is 0. The van der Waals surface area contributed by atoms with E-state index in [9.17, 15) is 14.0 Å². The third kappa shape index (κ3) is 5.28. The third-order valence-electron chi connectivity index (χ3n) is 2.82. The lowest BCUT2D eigenvalue weighted by molar-refractivity contribution is -0.134. The van der Waals surface area contributed by atoms with Crippen LogP contribution in [0.4, 0.5) is 4.39 Å². The molecular weight excluding hydrogens is 327 g/mol. The molecule has 1 rings (SSSR count). The fourth-order valence-electron chi connectivity index (χ4n) is 1.77. The van der Waals surface area contributed by atoms with Gasteiger partial charge in [0.1, 0.15) is 5.82 Å². The highest BCUT2D eigenvalue weighted by Crippen LogP contribution is 2.17. The van der Waals surface area contributed by atoms with E-state index in [1.165, 1.54) is 11.0 Å². The van der Waals surface area contributed by atoms with Crippen LogP contribution in [0.2, 0.25) is 0 Å². The van der Waals surface area contributed by atoms with Gasteiger partial charge in [0.05, 0.1) is 17.4 Å². The maximum absolute atomic E-state index is 13.1. The average Bonchev–Trinajstić information content (AvgIpc) is 2.38. The molecular formula is C14H18BrFN2O2. The van der Waals surface area contributed by atoms with E-state index in [2.05, 4.69) is 15.9 Å². The van der Waals surface area contributed by atoms with Crippen LogP contribution in [0.3, 0.4) is 0 Å². The molecule has 20 heavy (non-hydrogen) atoms. The molecule has 0 aliphatic carbocycles. The minimum absolute atomic E-state index is 0.0821. The monoisotopic (exact) mass is 344 g/mol. The second kappa shape index (κ2) is 7.99. The van der Waals surface area contributed by atoms with Crippen molar-refractivity contribution in [3.05, 3.63) is 34.1 Å². The Labute approximate surface area is 126 Å². The molecule has 2 amide bonds. The van der Waals surface area contributed by atoms with Gasteiger partial charge in [0, 0.05) is 6.54 Å². The van der Waals surface area contributed by atoms with Gasteiger partial charge in [-0.25, -0.2) is 4.39 Å².